The van der Waals surface area contributed by atoms with Crippen molar-refractivity contribution in [3.8, 4) is 11.1 Å². The normalized spacial score (nSPS) is 22.4. The minimum absolute atomic E-state index is 0.780. The Labute approximate surface area is 223 Å². The highest BCUT2D eigenvalue weighted by Crippen LogP contribution is 2.38. The van der Waals surface area contributed by atoms with Crippen LogP contribution in [0.1, 0.15) is 140 Å². The molecule has 0 aliphatic heterocycles. The Morgan fingerprint density at radius 3 is 1.78 bits per heavy atom. The number of benzene rings is 2. The molecular formula is C36H52. The molecule has 1 fully saturated rings. The summed E-state index contributed by atoms with van der Waals surface area (Å²) in [6, 6.07) is 18.9. The molecule has 0 radical (unpaired) electrons. The van der Waals surface area contributed by atoms with E-state index in [2.05, 4.69) is 68.5 Å². The van der Waals surface area contributed by atoms with Gasteiger partial charge in [-0.25, -0.2) is 0 Å². The summed E-state index contributed by atoms with van der Waals surface area (Å²) in [6.07, 6.45) is 26.3. The Bertz CT molecular complexity index is 892. The van der Waals surface area contributed by atoms with Crippen molar-refractivity contribution in [1.29, 1.82) is 0 Å². The highest BCUT2D eigenvalue weighted by atomic mass is 14.3. The second-order valence-corrected chi connectivity index (χ2v) is 12.0. The van der Waals surface area contributed by atoms with E-state index in [9.17, 15) is 0 Å². The number of unbranched alkanes of at least 4 members (excludes halogenated alkanes) is 6. The number of hydrogen-bond donors (Lipinski definition) is 0. The zero-order chi connectivity index (χ0) is 25.0. The molecule has 2 aliphatic rings. The van der Waals surface area contributed by atoms with Gasteiger partial charge in [-0.15, -0.1) is 0 Å². The molecule has 0 saturated heterocycles. The Morgan fingerprint density at radius 1 is 0.556 bits per heavy atom. The third-order valence-electron chi connectivity index (χ3n) is 9.27. The van der Waals surface area contributed by atoms with E-state index < -0.39 is 0 Å². The van der Waals surface area contributed by atoms with Gasteiger partial charge < -0.3 is 0 Å². The molecule has 1 unspecified atom stereocenters. The van der Waals surface area contributed by atoms with Gasteiger partial charge in [-0.05, 0) is 90.5 Å². The first kappa shape index (κ1) is 27.2. The summed E-state index contributed by atoms with van der Waals surface area (Å²) in [5, 5.41) is 0. The van der Waals surface area contributed by atoms with Crippen LogP contribution in [0.4, 0.5) is 0 Å². The van der Waals surface area contributed by atoms with Crippen LogP contribution >= 0.6 is 0 Å². The van der Waals surface area contributed by atoms with Crippen molar-refractivity contribution in [2.45, 2.75) is 129 Å². The number of rotatable bonds is 13. The molecule has 4 rings (SSSR count). The molecule has 0 nitrogen and oxygen atoms in total. The molecule has 2 aromatic rings. The van der Waals surface area contributed by atoms with Gasteiger partial charge in [0.05, 0.1) is 0 Å². The summed E-state index contributed by atoms with van der Waals surface area (Å²) >= 11 is 0. The molecule has 0 heteroatoms. The lowest BCUT2D eigenvalue weighted by Gasteiger charge is -2.29. The third kappa shape index (κ3) is 8.09. The van der Waals surface area contributed by atoms with Crippen LogP contribution in [0.15, 0.2) is 54.6 Å². The van der Waals surface area contributed by atoms with Crippen molar-refractivity contribution >= 4 is 5.57 Å². The fourth-order valence-corrected chi connectivity index (χ4v) is 6.73. The van der Waals surface area contributed by atoms with Crippen LogP contribution in [-0.2, 0) is 0 Å². The highest BCUT2D eigenvalue weighted by molar-refractivity contribution is 5.71. The van der Waals surface area contributed by atoms with Gasteiger partial charge in [0, 0.05) is 0 Å². The predicted molar refractivity (Wildman–Crippen MR) is 159 cm³/mol. The Hall–Kier alpha value is -1.82. The van der Waals surface area contributed by atoms with E-state index in [1.165, 1.54) is 126 Å². The molecule has 196 valence electrons. The standard InChI is InChI=1S/C36H52/c1-3-5-7-8-9-10-12-30-15-19-32(20-16-30)34-23-27-36(28-24-34)35-25-21-33(22-26-35)31-17-13-29(14-18-31)11-6-4-2/h19,21-31H,3-18,20H2,1-2H3/t29-,30?,31-. The Morgan fingerprint density at radius 2 is 1.14 bits per heavy atom. The van der Waals surface area contributed by atoms with Gasteiger partial charge in [0.1, 0.15) is 0 Å². The van der Waals surface area contributed by atoms with Gasteiger partial charge in [0.25, 0.3) is 0 Å². The van der Waals surface area contributed by atoms with Crippen LogP contribution in [0, 0.1) is 11.8 Å². The minimum atomic E-state index is 0.780. The van der Waals surface area contributed by atoms with Crippen molar-refractivity contribution in [3.05, 3.63) is 65.7 Å². The largest absolute Gasteiger partial charge is 0.0804 e. The number of allylic oxidation sites excluding steroid dienone is 2. The van der Waals surface area contributed by atoms with Gasteiger partial charge in [-0.2, -0.15) is 0 Å². The van der Waals surface area contributed by atoms with Crippen LogP contribution in [0.3, 0.4) is 0 Å². The minimum Gasteiger partial charge on any atom is -0.0804 e. The number of hydrogen-bond acceptors (Lipinski definition) is 0. The molecule has 1 atom stereocenters. The van der Waals surface area contributed by atoms with E-state index >= 15 is 0 Å². The summed E-state index contributed by atoms with van der Waals surface area (Å²) in [7, 11) is 0. The van der Waals surface area contributed by atoms with E-state index in [0.717, 1.165) is 17.8 Å². The molecule has 1 saturated carbocycles. The lowest BCUT2D eigenvalue weighted by molar-refractivity contribution is 0.304. The molecule has 0 amide bonds. The molecule has 2 aliphatic carbocycles. The first-order valence-electron chi connectivity index (χ1n) is 15.7. The quantitative estimate of drug-likeness (QED) is 0.248. The highest BCUT2D eigenvalue weighted by Gasteiger charge is 2.22. The van der Waals surface area contributed by atoms with Crippen LogP contribution in [0.2, 0.25) is 0 Å². The monoisotopic (exact) mass is 484 g/mol. The summed E-state index contributed by atoms with van der Waals surface area (Å²) in [6.45, 7) is 4.62. The Balaban J connectivity index is 1.24. The molecule has 36 heavy (non-hydrogen) atoms. The summed E-state index contributed by atoms with van der Waals surface area (Å²) < 4.78 is 0. The molecule has 0 heterocycles. The van der Waals surface area contributed by atoms with Gasteiger partial charge in [0.15, 0.2) is 0 Å². The lowest BCUT2D eigenvalue weighted by Crippen LogP contribution is -2.13. The van der Waals surface area contributed by atoms with Crippen molar-refractivity contribution < 1.29 is 0 Å². The zero-order valence-corrected chi connectivity index (χ0v) is 23.4. The van der Waals surface area contributed by atoms with E-state index in [1.807, 2.05) is 0 Å². The predicted octanol–water partition coefficient (Wildman–Crippen LogP) is 11.8. The van der Waals surface area contributed by atoms with E-state index in [0.29, 0.717) is 0 Å². The van der Waals surface area contributed by atoms with Crippen molar-refractivity contribution in [3.63, 3.8) is 0 Å². The van der Waals surface area contributed by atoms with Crippen LogP contribution in [0.25, 0.3) is 16.7 Å². The smallest absolute Gasteiger partial charge is 0.0162 e. The first-order valence-corrected chi connectivity index (χ1v) is 15.7. The van der Waals surface area contributed by atoms with Crippen LogP contribution < -0.4 is 0 Å². The third-order valence-corrected chi connectivity index (χ3v) is 9.27. The average Bonchev–Trinajstić information content (AvgIpc) is 2.95. The maximum absolute atomic E-state index is 2.55. The fraction of sp³-hybridized carbons (Fsp3) is 0.611. The summed E-state index contributed by atoms with van der Waals surface area (Å²) in [4.78, 5) is 0. The van der Waals surface area contributed by atoms with Gasteiger partial charge in [-0.1, -0.05) is 133 Å². The molecule has 0 N–H and O–H groups in total. The zero-order valence-electron chi connectivity index (χ0n) is 23.4. The van der Waals surface area contributed by atoms with Gasteiger partial charge in [0.2, 0.25) is 0 Å². The van der Waals surface area contributed by atoms with E-state index in [1.54, 1.807) is 11.1 Å². The van der Waals surface area contributed by atoms with Crippen molar-refractivity contribution in [2.75, 3.05) is 0 Å². The van der Waals surface area contributed by atoms with E-state index in [-0.39, 0.29) is 0 Å². The fourth-order valence-electron chi connectivity index (χ4n) is 6.73. The van der Waals surface area contributed by atoms with Crippen LogP contribution in [0.5, 0.6) is 0 Å². The lowest BCUT2D eigenvalue weighted by atomic mass is 9.77. The summed E-state index contributed by atoms with van der Waals surface area (Å²) in [5.74, 6) is 2.69. The second-order valence-electron chi connectivity index (χ2n) is 12.0. The molecule has 0 bridgehead atoms. The molecule has 0 spiro atoms. The second kappa shape index (κ2) is 14.8. The van der Waals surface area contributed by atoms with Crippen molar-refractivity contribution in [2.24, 2.45) is 11.8 Å². The summed E-state index contributed by atoms with van der Waals surface area (Å²) in [5.41, 5.74) is 7.29. The molecule has 0 aromatic heterocycles. The Kier molecular flexibility index (Phi) is 11.2. The molecular weight excluding hydrogens is 432 g/mol. The van der Waals surface area contributed by atoms with Gasteiger partial charge in [-0.3, -0.25) is 0 Å². The van der Waals surface area contributed by atoms with Crippen LogP contribution in [-0.4, -0.2) is 0 Å². The first-order chi connectivity index (χ1) is 17.8. The van der Waals surface area contributed by atoms with Gasteiger partial charge >= 0.3 is 0 Å². The molecule has 2 aromatic carbocycles. The SMILES string of the molecule is CCCCCCCCC1CC=C(c2ccc(-c3ccc([C@H]4CC[C@H](CCCC)CC4)cc3)cc2)CC1. The maximum atomic E-state index is 2.55. The van der Waals surface area contributed by atoms with E-state index in [4.69, 9.17) is 0 Å². The van der Waals surface area contributed by atoms with Crippen molar-refractivity contribution in [1.82, 2.24) is 0 Å². The average molecular weight is 485 g/mol. The maximum Gasteiger partial charge on any atom is -0.0162 e. The topological polar surface area (TPSA) is 0 Å².